The molecule has 0 heterocycles. The average Bonchev–Trinajstić information content (AvgIpc) is 2.89. The van der Waals surface area contributed by atoms with E-state index in [1.165, 1.54) is 6.92 Å². The van der Waals surface area contributed by atoms with Crippen LogP contribution >= 0.6 is 0 Å². The molecule has 3 rings (SSSR count). The van der Waals surface area contributed by atoms with Crippen LogP contribution in [0.3, 0.4) is 0 Å². The molecule has 4 bridgehead atoms. The van der Waals surface area contributed by atoms with Gasteiger partial charge in [-0.15, -0.1) is 0 Å². The van der Waals surface area contributed by atoms with Gasteiger partial charge in [0.05, 0.1) is 0 Å². The molecular formula is C27H36O7. The maximum atomic E-state index is 13.3. The zero-order valence-electron chi connectivity index (χ0n) is 21.4. The number of rotatable bonds is 6. The summed E-state index contributed by atoms with van der Waals surface area (Å²) < 4.78 is 17.5. The van der Waals surface area contributed by atoms with Crippen LogP contribution in [-0.2, 0) is 33.4 Å². The highest BCUT2D eigenvalue weighted by molar-refractivity contribution is 5.97. The average molecular weight is 473 g/mol. The highest BCUT2D eigenvalue weighted by Gasteiger charge is 2.75. The molecule has 0 aliphatic heterocycles. The lowest BCUT2D eigenvalue weighted by Gasteiger charge is -2.65. The number of carbonyl (C=O) groups is 4. The first-order valence-corrected chi connectivity index (χ1v) is 11.9. The topological polar surface area (TPSA) is 96.0 Å². The Morgan fingerprint density at radius 2 is 1.56 bits per heavy atom. The van der Waals surface area contributed by atoms with Crippen molar-refractivity contribution in [2.75, 3.05) is 6.61 Å². The zero-order valence-corrected chi connectivity index (χ0v) is 21.4. The van der Waals surface area contributed by atoms with Gasteiger partial charge in [0, 0.05) is 41.2 Å². The number of hydrogen-bond donors (Lipinski definition) is 0. The predicted octanol–water partition coefficient (Wildman–Crippen LogP) is 4.11. The molecule has 7 heteroatoms. The summed E-state index contributed by atoms with van der Waals surface area (Å²) in [7, 11) is 0. The summed E-state index contributed by atoms with van der Waals surface area (Å²) in [6.45, 7) is 14.0. The SMILES string of the molecule is C/C=C(/C)C(=O)OC[C@]1(C)[C@@H]2[C@H]3C(=O)C=C(C)[C@@H]2[C@@]3(C)[C@H](OC(=O)/C(C)=C\C)C[C@H]1OC(C)=O. The largest absolute Gasteiger partial charge is 0.462 e. The molecule has 2 fully saturated rings. The number of ketones is 1. The summed E-state index contributed by atoms with van der Waals surface area (Å²) in [5.41, 5.74) is 0.376. The molecule has 2 saturated carbocycles. The third-order valence-electron chi connectivity index (χ3n) is 8.43. The molecule has 0 amide bonds. The summed E-state index contributed by atoms with van der Waals surface area (Å²) >= 11 is 0. The minimum Gasteiger partial charge on any atom is -0.462 e. The first-order valence-electron chi connectivity index (χ1n) is 11.9. The van der Waals surface area contributed by atoms with Gasteiger partial charge in [0.15, 0.2) is 5.78 Å². The van der Waals surface area contributed by atoms with E-state index in [1.807, 2.05) is 20.8 Å². The molecule has 0 aromatic heterocycles. The molecule has 0 aromatic carbocycles. The van der Waals surface area contributed by atoms with Crippen molar-refractivity contribution in [3.8, 4) is 0 Å². The smallest absolute Gasteiger partial charge is 0.333 e. The van der Waals surface area contributed by atoms with Crippen molar-refractivity contribution in [1.29, 1.82) is 0 Å². The summed E-state index contributed by atoms with van der Waals surface area (Å²) in [6, 6.07) is 0. The predicted molar refractivity (Wildman–Crippen MR) is 125 cm³/mol. The molecule has 0 spiro atoms. The second-order valence-corrected chi connectivity index (χ2v) is 10.4. The van der Waals surface area contributed by atoms with Crippen molar-refractivity contribution >= 4 is 23.7 Å². The number of carbonyl (C=O) groups excluding carboxylic acids is 4. The van der Waals surface area contributed by atoms with E-state index in [4.69, 9.17) is 14.2 Å². The minimum absolute atomic E-state index is 0.0160. The van der Waals surface area contributed by atoms with Gasteiger partial charge < -0.3 is 14.2 Å². The summed E-state index contributed by atoms with van der Waals surface area (Å²) in [4.78, 5) is 50.7. The summed E-state index contributed by atoms with van der Waals surface area (Å²) in [5, 5.41) is 0. The first kappa shape index (κ1) is 25.9. The van der Waals surface area contributed by atoms with Gasteiger partial charge in [0.1, 0.15) is 18.8 Å². The fourth-order valence-electron chi connectivity index (χ4n) is 6.34. The van der Waals surface area contributed by atoms with Crippen LogP contribution in [0.15, 0.2) is 34.9 Å². The quantitative estimate of drug-likeness (QED) is 0.326. The van der Waals surface area contributed by atoms with E-state index in [0.29, 0.717) is 11.1 Å². The summed E-state index contributed by atoms with van der Waals surface area (Å²) in [5.74, 6) is -2.14. The Morgan fingerprint density at radius 1 is 0.971 bits per heavy atom. The zero-order chi connectivity index (χ0) is 25.6. The van der Waals surface area contributed by atoms with Crippen LogP contribution in [0.1, 0.15) is 61.8 Å². The van der Waals surface area contributed by atoms with Gasteiger partial charge in [-0.3, -0.25) is 9.59 Å². The fourth-order valence-corrected chi connectivity index (χ4v) is 6.34. The lowest BCUT2D eigenvalue weighted by atomic mass is 9.37. The standard InChI is InChI=1S/C27H36O7/c1-9-14(3)24(30)32-13-26(7)19(33-17(6)28)12-20(34-25(31)15(4)10-2)27(8)21-16(5)11-18(29)22(27)23(21)26/h9-11,19-23H,12-13H2,1-8H3/b14-9-,15-10-/t19-,20-,21+,22-,23+,26+,27-/m1/s1. The van der Waals surface area contributed by atoms with E-state index in [1.54, 1.807) is 45.9 Å². The Labute approximate surface area is 201 Å². The van der Waals surface area contributed by atoms with E-state index in [9.17, 15) is 19.2 Å². The van der Waals surface area contributed by atoms with Crippen molar-refractivity contribution in [2.45, 2.75) is 74.0 Å². The number of fused-ring (bicyclic) bond motifs is 1. The number of allylic oxidation sites excluding steroid dienone is 4. The maximum absolute atomic E-state index is 13.3. The van der Waals surface area contributed by atoms with Crippen LogP contribution in [-0.4, -0.2) is 42.5 Å². The van der Waals surface area contributed by atoms with Gasteiger partial charge in [-0.1, -0.05) is 31.6 Å². The Bertz CT molecular complexity index is 1000. The Balaban J connectivity index is 2.10. The van der Waals surface area contributed by atoms with Crippen molar-refractivity contribution in [3.05, 3.63) is 34.9 Å². The van der Waals surface area contributed by atoms with Crippen molar-refractivity contribution < 1.29 is 33.4 Å². The molecule has 0 unspecified atom stereocenters. The van der Waals surface area contributed by atoms with E-state index < -0.39 is 46.9 Å². The molecule has 34 heavy (non-hydrogen) atoms. The third kappa shape index (κ3) is 3.93. The molecular weight excluding hydrogens is 436 g/mol. The van der Waals surface area contributed by atoms with E-state index >= 15 is 0 Å². The lowest BCUT2D eigenvalue weighted by Crippen LogP contribution is -2.68. The molecule has 7 nitrogen and oxygen atoms in total. The van der Waals surface area contributed by atoms with Crippen molar-refractivity contribution in [2.24, 2.45) is 28.6 Å². The molecule has 3 aliphatic carbocycles. The van der Waals surface area contributed by atoms with Gasteiger partial charge >= 0.3 is 17.9 Å². The van der Waals surface area contributed by atoms with Gasteiger partial charge in [-0.05, 0) is 52.5 Å². The highest BCUT2D eigenvalue weighted by Crippen LogP contribution is 2.72. The summed E-state index contributed by atoms with van der Waals surface area (Å²) in [6.07, 6.45) is 3.90. The van der Waals surface area contributed by atoms with Crippen LogP contribution in [0.5, 0.6) is 0 Å². The first-order chi connectivity index (χ1) is 15.8. The highest BCUT2D eigenvalue weighted by atomic mass is 16.6. The Morgan fingerprint density at radius 3 is 2.09 bits per heavy atom. The van der Waals surface area contributed by atoms with Gasteiger partial charge in [0.2, 0.25) is 0 Å². The number of hydrogen-bond acceptors (Lipinski definition) is 7. The van der Waals surface area contributed by atoms with Gasteiger partial charge in [-0.25, -0.2) is 9.59 Å². The van der Waals surface area contributed by atoms with Crippen LogP contribution in [0.2, 0.25) is 0 Å². The molecule has 0 aromatic rings. The minimum atomic E-state index is -0.841. The Hall–Kier alpha value is -2.70. The molecule has 3 aliphatic rings. The maximum Gasteiger partial charge on any atom is 0.333 e. The molecule has 186 valence electrons. The van der Waals surface area contributed by atoms with Gasteiger partial charge in [-0.2, -0.15) is 0 Å². The van der Waals surface area contributed by atoms with Gasteiger partial charge in [0.25, 0.3) is 0 Å². The molecule has 0 saturated heterocycles. The van der Waals surface area contributed by atoms with Crippen LogP contribution in [0, 0.1) is 28.6 Å². The van der Waals surface area contributed by atoms with Crippen LogP contribution in [0.25, 0.3) is 0 Å². The Kier molecular flexibility index (Phi) is 6.98. The van der Waals surface area contributed by atoms with Crippen molar-refractivity contribution in [1.82, 2.24) is 0 Å². The van der Waals surface area contributed by atoms with Crippen molar-refractivity contribution in [3.63, 3.8) is 0 Å². The van der Waals surface area contributed by atoms with E-state index in [0.717, 1.165) is 5.57 Å². The normalized spacial score (nSPS) is 37.1. The monoisotopic (exact) mass is 472 g/mol. The third-order valence-corrected chi connectivity index (χ3v) is 8.43. The second-order valence-electron chi connectivity index (χ2n) is 10.4. The second kappa shape index (κ2) is 9.16. The van der Waals surface area contributed by atoms with E-state index in [-0.39, 0.29) is 30.6 Å². The van der Waals surface area contributed by atoms with Crippen LogP contribution < -0.4 is 0 Å². The fraction of sp³-hybridized carbons (Fsp3) is 0.630. The molecule has 0 N–H and O–H groups in total. The number of esters is 3. The lowest BCUT2D eigenvalue weighted by molar-refractivity contribution is -0.210. The molecule has 0 radical (unpaired) electrons. The number of ether oxygens (including phenoxy) is 3. The van der Waals surface area contributed by atoms with E-state index in [2.05, 4.69) is 0 Å². The van der Waals surface area contributed by atoms with Crippen LogP contribution in [0.4, 0.5) is 0 Å². The molecule has 7 atom stereocenters.